The Morgan fingerprint density at radius 2 is 1.93 bits per heavy atom. The van der Waals surface area contributed by atoms with Crippen molar-refractivity contribution in [3.63, 3.8) is 0 Å². The fraction of sp³-hybridized carbons (Fsp3) is 0.417. The molecule has 0 spiro atoms. The van der Waals surface area contributed by atoms with Gasteiger partial charge in [0, 0.05) is 24.3 Å². The van der Waals surface area contributed by atoms with Gasteiger partial charge in [-0.15, -0.1) is 0 Å². The maximum atomic E-state index is 11.2. The van der Waals surface area contributed by atoms with E-state index in [-0.39, 0.29) is 5.91 Å². The Hall–Kier alpha value is -1.51. The van der Waals surface area contributed by atoms with Gasteiger partial charge in [-0.25, -0.2) is 0 Å². The molecule has 15 heavy (non-hydrogen) atoms. The van der Waals surface area contributed by atoms with Crippen molar-refractivity contribution in [1.29, 1.82) is 0 Å². The molecule has 0 atom stereocenters. The van der Waals surface area contributed by atoms with E-state index in [1.165, 1.54) is 23.2 Å². The van der Waals surface area contributed by atoms with Crippen LogP contribution in [0.5, 0.6) is 0 Å². The lowest BCUT2D eigenvalue weighted by molar-refractivity contribution is 0.1000. The Morgan fingerprint density at radius 1 is 1.20 bits per heavy atom. The van der Waals surface area contributed by atoms with Gasteiger partial charge < -0.3 is 10.6 Å². The number of nitrogens with two attached hydrogens (primary N) is 1. The number of carbonyl (C=O) groups excluding carboxylic acids is 1. The summed E-state index contributed by atoms with van der Waals surface area (Å²) < 4.78 is 0. The molecular weight excluding hydrogens is 188 g/mol. The second-order valence-electron chi connectivity index (χ2n) is 4.35. The third kappa shape index (κ3) is 1.23. The van der Waals surface area contributed by atoms with Crippen LogP contribution in [0.15, 0.2) is 12.1 Å². The van der Waals surface area contributed by atoms with Crippen molar-refractivity contribution in [2.75, 3.05) is 18.0 Å². The van der Waals surface area contributed by atoms with Crippen molar-refractivity contribution >= 4 is 11.6 Å². The topological polar surface area (TPSA) is 46.3 Å². The van der Waals surface area contributed by atoms with Crippen LogP contribution in [0.4, 0.5) is 5.69 Å². The van der Waals surface area contributed by atoms with Crippen molar-refractivity contribution in [2.24, 2.45) is 5.73 Å². The first-order valence-electron chi connectivity index (χ1n) is 5.46. The third-order valence-corrected chi connectivity index (χ3v) is 3.39. The number of anilines is 1. The summed E-state index contributed by atoms with van der Waals surface area (Å²) in [6, 6.07) is 3.94. The number of primary amides is 1. The first-order valence-corrected chi connectivity index (χ1v) is 5.46. The Bertz CT molecular complexity index is 439. The van der Waals surface area contributed by atoms with Gasteiger partial charge in [0.15, 0.2) is 0 Å². The van der Waals surface area contributed by atoms with Crippen LogP contribution in [0, 0.1) is 0 Å². The summed E-state index contributed by atoms with van der Waals surface area (Å²) in [6.07, 6.45) is 3.33. The molecule has 0 aromatic heterocycles. The molecule has 2 heterocycles. The zero-order chi connectivity index (χ0) is 10.4. The van der Waals surface area contributed by atoms with Gasteiger partial charge in [0.1, 0.15) is 0 Å². The van der Waals surface area contributed by atoms with E-state index in [0.717, 1.165) is 25.9 Å². The summed E-state index contributed by atoms with van der Waals surface area (Å²) in [5.41, 5.74) is 10.0. The van der Waals surface area contributed by atoms with Crippen molar-refractivity contribution in [3.8, 4) is 0 Å². The van der Waals surface area contributed by atoms with Crippen LogP contribution in [-0.4, -0.2) is 19.0 Å². The first kappa shape index (κ1) is 8.77. The van der Waals surface area contributed by atoms with E-state index in [2.05, 4.69) is 4.90 Å². The normalized spacial score (nSPS) is 17.7. The number of rotatable bonds is 1. The lowest BCUT2D eigenvalue weighted by Gasteiger charge is -2.27. The predicted molar refractivity (Wildman–Crippen MR) is 59.2 cm³/mol. The Kier molecular flexibility index (Phi) is 1.75. The minimum absolute atomic E-state index is 0.307. The number of hydrogen-bond donors (Lipinski definition) is 1. The molecule has 78 valence electrons. The van der Waals surface area contributed by atoms with Gasteiger partial charge in [0.2, 0.25) is 5.91 Å². The number of amides is 1. The second-order valence-corrected chi connectivity index (χ2v) is 4.35. The average molecular weight is 202 g/mol. The van der Waals surface area contributed by atoms with Crippen molar-refractivity contribution in [3.05, 3.63) is 28.8 Å². The fourth-order valence-corrected chi connectivity index (χ4v) is 2.74. The summed E-state index contributed by atoms with van der Waals surface area (Å²) in [5, 5.41) is 0. The number of aryl methyl sites for hydroxylation is 1. The molecule has 2 N–H and O–H groups in total. The summed E-state index contributed by atoms with van der Waals surface area (Å²) in [7, 11) is 0. The summed E-state index contributed by atoms with van der Waals surface area (Å²) in [4.78, 5) is 13.6. The zero-order valence-corrected chi connectivity index (χ0v) is 8.62. The highest BCUT2D eigenvalue weighted by molar-refractivity contribution is 5.94. The van der Waals surface area contributed by atoms with E-state index >= 15 is 0 Å². The van der Waals surface area contributed by atoms with E-state index in [4.69, 9.17) is 5.73 Å². The fourth-order valence-electron chi connectivity index (χ4n) is 2.74. The molecule has 0 saturated carbocycles. The maximum absolute atomic E-state index is 11.2. The molecule has 1 aromatic carbocycles. The van der Waals surface area contributed by atoms with Gasteiger partial charge in [0.25, 0.3) is 0 Å². The molecule has 0 bridgehead atoms. The van der Waals surface area contributed by atoms with Gasteiger partial charge in [-0.05, 0) is 42.5 Å². The average Bonchev–Trinajstić information content (AvgIpc) is 2.64. The number of hydrogen-bond acceptors (Lipinski definition) is 2. The molecular formula is C12H14N2O. The highest BCUT2D eigenvalue weighted by Crippen LogP contribution is 2.36. The zero-order valence-electron chi connectivity index (χ0n) is 8.62. The Morgan fingerprint density at radius 3 is 2.67 bits per heavy atom. The van der Waals surface area contributed by atoms with Crippen LogP contribution in [-0.2, 0) is 12.8 Å². The van der Waals surface area contributed by atoms with E-state index in [0.29, 0.717) is 5.56 Å². The molecule has 1 amide bonds. The summed E-state index contributed by atoms with van der Waals surface area (Å²) in [5.74, 6) is -0.307. The lowest BCUT2D eigenvalue weighted by Crippen LogP contribution is -2.26. The standard InChI is InChI=1S/C12H14N2O/c13-12(15)10-6-8-2-1-4-14-5-3-9(7-10)11(8)14/h6-7H,1-5H2,(H2,13,15). The third-order valence-electron chi connectivity index (χ3n) is 3.39. The highest BCUT2D eigenvalue weighted by atomic mass is 16.1. The molecule has 0 radical (unpaired) electrons. The molecule has 0 saturated heterocycles. The largest absolute Gasteiger partial charge is 0.371 e. The first-order chi connectivity index (χ1) is 7.25. The predicted octanol–water partition coefficient (Wildman–Crippen LogP) is 1.09. The molecule has 2 aliphatic rings. The SMILES string of the molecule is NC(=O)c1cc2c3c(c1)CCN3CCC2. The minimum Gasteiger partial charge on any atom is -0.371 e. The summed E-state index contributed by atoms with van der Waals surface area (Å²) >= 11 is 0. The van der Waals surface area contributed by atoms with Crippen molar-refractivity contribution in [1.82, 2.24) is 0 Å². The van der Waals surface area contributed by atoms with Gasteiger partial charge >= 0.3 is 0 Å². The quantitative estimate of drug-likeness (QED) is 0.741. The van der Waals surface area contributed by atoms with E-state index in [1.54, 1.807) is 0 Å². The Balaban J connectivity index is 2.18. The highest BCUT2D eigenvalue weighted by Gasteiger charge is 2.26. The molecule has 3 nitrogen and oxygen atoms in total. The lowest BCUT2D eigenvalue weighted by atomic mass is 9.97. The minimum atomic E-state index is -0.307. The van der Waals surface area contributed by atoms with E-state index < -0.39 is 0 Å². The van der Waals surface area contributed by atoms with Crippen molar-refractivity contribution < 1.29 is 4.79 Å². The van der Waals surface area contributed by atoms with Gasteiger partial charge in [0.05, 0.1) is 0 Å². The van der Waals surface area contributed by atoms with Gasteiger partial charge in [-0.3, -0.25) is 4.79 Å². The number of nitrogens with zero attached hydrogens (tertiary/aromatic N) is 1. The second kappa shape index (κ2) is 2.99. The molecule has 0 fully saturated rings. The van der Waals surface area contributed by atoms with Gasteiger partial charge in [-0.2, -0.15) is 0 Å². The van der Waals surface area contributed by atoms with E-state index in [9.17, 15) is 4.79 Å². The maximum Gasteiger partial charge on any atom is 0.248 e. The molecule has 1 aromatic rings. The van der Waals surface area contributed by atoms with Crippen LogP contribution in [0.25, 0.3) is 0 Å². The number of carbonyl (C=O) groups is 1. The van der Waals surface area contributed by atoms with Crippen LogP contribution in [0.2, 0.25) is 0 Å². The molecule has 3 heteroatoms. The van der Waals surface area contributed by atoms with Crippen LogP contribution in [0.1, 0.15) is 27.9 Å². The molecule has 0 unspecified atom stereocenters. The van der Waals surface area contributed by atoms with Gasteiger partial charge in [-0.1, -0.05) is 0 Å². The number of benzene rings is 1. The Labute approximate surface area is 88.9 Å². The van der Waals surface area contributed by atoms with Crippen LogP contribution < -0.4 is 10.6 Å². The monoisotopic (exact) mass is 202 g/mol. The summed E-state index contributed by atoms with van der Waals surface area (Å²) in [6.45, 7) is 2.26. The van der Waals surface area contributed by atoms with Crippen molar-refractivity contribution in [2.45, 2.75) is 19.3 Å². The molecule has 2 aliphatic heterocycles. The van der Waals surface area contributed by atoms with Crippen LogP contribution >= 0.6 is 0 Å². The smallest absolute Gasteiger partial charge is 0.248 e. The molecule has 3 rings (SSSR count). The molecule has 0 aliphatic carbocycles. The van der Waals surface area contributed by atoms with Crippen LogP contribution in [0.3, 0.4) is 0 Å². The van der Waals surface area contributed by atoms with E-state index in [1.807, 2.05) is 12.1 Å².